The van der Waals surface area contributed by atoms with Gasteiger partial charge < -0.3 is 9.15 Å². The Morgan fingerprint density at radius 1 is 1.00 bits per heavy atom. The first kappa shape index (κ1) is 14.3. The van der Waals surface area contributed by atoms with E-state index in [1.807, 2.05) is 24.3 Å². The summed E-state index contributed by atoms with van der Waals surface area (Å²) in [6.07, 6.45) is 0.956. The van der Waals surface area contributed by atoms with E-state index in [0.29, 0.717) is 18.1 Å². The molecule has 3 rings (SSSR count). The molecule has 1 aromatic heterocycles. The molecule has 2 aromatic carbocycles. The quantitative estimate of drug-likeness (QED) is 0.703. The van der Waals surface area contributed by atoms with E-state index in [1.165, 1.54) is 6.07 Å². The summed E-state index contributed by atoms with van der Waals surface area (Å²) < 4.78 is 24.8. The molecule has 0 amide bonds. The number of ether oxygens (including phenoxy) is 1. The Hall–Kier alpha value is -2.69. The third kappa shape index (κ3) is 2.98. The summed E-state index contributed by atoms with van der Waals surface area (Å²) in [6.45, 7) is 2.73. The van der Waals surface area contributed by atoms with Gasteiger partial charge in [0, 0.05) is 5.56 Å². The van der Waals surface area contributed by atoms with Crippen LogP contribution in [-0.4, -0.2) is 16.8 Å². The molecule has 0 aliphatic carbocycles. The number of rotatable bonds is 5. The summed E-state index contributed by atoms with van der Waals surface area (Å²) in [5.74, 6) is 0.917. The van der Waals surface area contributed by atoms with Crippen molar-refractivity contribution in [3.63, 3.8) is 0 Å². The highest BCUT2D eigenvalue weighted by molar-refractivity contribution is 5.58. The van der Waals surface area contributed by atoms with Crippen LogP contribution in [0.2, 0.25) is 0 Å². The van der Waals surface area contributed by atoms with Gasteiger partial charge in [-0.25, -0.2) is 4.39 Å². The molecule has 3 aromatic rings. The molecule has 0 bridgehead atoms. The SMILES string of the molecule is CCCOc1ccc(-c2nnc(-c3ccccc3F)o2)cc1. The summed E-state index contributed by atoms with van der Waals surface area (Å²) in [5, 5.41) is 7.88. The predicted octanol–water partition coefficient (Wildman–Crippen LogP) is 4.33. The van der Waals surface area contributed by atoms with Crippen molar-refractivity contribution in [3.8, 4) is 28.7 Å². The minimum absolute atomic E-state index is 0.166. The number of nitrogens with zero attached hydrogens (tertiary/aromatic N) is 2. The highest BCUT2D eigenvalue weighted by atomic mass is 19.1. The molecule has 112 valence electrons. The molecule has 0 aliphatic rings. The summed E-state index contributed by atoms with van der Waals surface area (Å²) >= 11 is 0. The Balaban J connectivity index is 1.83. The van der Waals surface area contributed by atoms with Crippen molar-refractivity contribution in [2.45, 2.75) is 13.3 Å². The lowest BCUT2D eigenvalue weighted by Gasteiger charge is -2.04. The van der Waals surface area contributed by atoms with E-state index in [1.54, 1.807) is 18.2 Å². The van der Waals surface area contributed by atoms with Gasteiger partial charge in [-0.2, -0.15) is 0 Å². The highest BCUT2D eigenvalue weighted by Gasteiger charge is 2.13. The Kier molecular flexibility index (Phi) is 4.14. The standard InChI is InChI=1S/C17H15FN2O2/c1-2-11-21-13-9-7-12(8-10-13)16-19-20-17(22-16)14-5-3-4-6-15(14)18/h3-10H,2,11H2,1H3. The molecule has 0 radical (unpaired) electrons. The first-order chi connectivity index (χ1) is 10.8. The van der Waals surface area contributed by atoms with Gasteiger partial charge in [0.05, 0.1) is 12.2 Å². The molecule has 0 aliphatic heterocycles. The number of hydrogen-bond acceptors (Lipinski definition) is 4. The van der Waals surface area contributed by atoms with Gasteiger partial charge in [-0.15, -0.1) is 10.2 Å². The van der Waals surface area contributed by atoms with Crippen LogP contribution in [0.1, 0.15) is 13.3 Å². The summed E-state index contributed by atoms with van der Waals surface area (Å²) in [6, 6.07) is 13.7. The van der Waals surface area contributed by atoms with Gasteiger partial charge in [-0.1, -0.05) is 19.1 Å². The second-order valence-electron chi connectivity index (χ2n) is 4.77. The third-order valence-electron chi connectivity index (χ3n) is 3.10. The van der Waals surface area contributed by atoms with Gasteiger partial charge in [0.2, 0.25) is 5.89 Å². The number of halogens is 1. The fourth-order valence-corrected chi connectivity index (χ4v) is 2.00. The van der Waals surface area contributed by atoms with E-state index in [2.05, 4.69) is 17.1 Å². The molecule has 0 fully saturated rings. The minimum atomic E-state index is -0.388. The average molecular weight is 298 g/mol. The van der Waals surface area contributed by atoms with Crippen LogP contribution >= 0.6 is 0 Å². The Morgan fingerprint density at radius 3 is 2.45 bits per heavy atom. The van der Waals surface area contributed by atoms with Crippen molar-refractivity contribution in [1.82, 2.24) is 10.2 Å². The van der Waals surface area contributed by atoms with Crippen LogP contribution in [0.15, 0.2) is 52.9 Å². The normalized spacial score (nSPS) is 10.6. The Morgan fingerprint density at radius 2 is 1.73 bits per heavy atom. The van der Waals surface area contributed by atoms with Crippen molar-refractivity contribution >= 4 is 0 Å². The van der Waals surface area contributed by atoms with Crippen LogP contribution in [0, 0.1) is 5.82 Å². The molecular weight excluding hydrogens is 283 g/mol. The molecule has 4 nitrogen and oxygen atoms in total. The van der Waals surface area contributed by atoms with Gasteiger partial charge in [-0.05, 0) is 42.8 Å². The fourth-order valence-electron chi connectivity index (χ4n) is 2.00. The maximum Gasteiger partial charge on any atom is 0.251 e. The van der Waals surface area contributed by atoms with Gasteiger partial charge >= 0.3 is 0 Å². The zero-order chi connectivity index (χ0) is 15.4. The van der Waals surface area contributed by atoms with Crippen LogP contribution in [0.4, 0.5) is 4.39 Å². The van der Waals surface area contributed by atoms with Crippen LogP contribution < -0.4 is 4.74 Å². The van der Waals surface area contributed by atoms with E-state index < -0.39 is 0 Å². The monoisotopic (exact) mass is 298 g/mol. The van der Waals surface area contributed by atoms with E-state index in [4.69, 9.17) is 9.15 Å². The lowest BCUT2D eigenvalue weighted by molar-refractivity contribution is 0.317. The lowest BCUT2D eigenvalue weighted by Crippen LogP contribution is -1.94. The molecule has 0 spiro atoms. The second kappa shape index (κ2) is 6.39. The van der Waals surface area contributed by atoms with Gasteiger partial charge in [-0.3, -0.25) is 0 Å². The second-order valence-corrected chi connectivity index (χ2v) is 4.77. The van der Waals surface area contributed by atoms with Crippen molar-refractivity contribution in [2.24, 2.45) is 0 Å². The van der Waals surface area contributed by atoms with E-state index >= 15 is 0 Å². The topological polar surface area (TPSA) is 48.2 Å². The Labute approximate surface area is 127 Å². The summed E-state index contributed by atoms with van der Waals surface area (Å²) in [5.41, 5.74) is 1.06. The molecule has 22 heavy (non-hydrogen) atoms. The lowest BCUT2D eigenvalue weighted by atomic mass is 10.2. The molecule has 1 heterocycles. The molecule has 0 atom stereocenters. The third-order valence-corrected chi connectivity index (χ3v) is 3.10. The van der Waals surface area contributed by atoms with Crippen LogP contribution in [0.5, 0.6) is 5.75 Å². The molecule has 5 heteroatoms. The van der Waals surface area contributed by atoms with Crippen molar-refractivity contribution in [3.05, 3.63) is 54.3 Å². The molecule has 0 saturated heterocycles. The van der Waals surface area contributed by atoms with E-state index in [0.717, 1.165) is 17.7 Å². The van der Waals surface area contributed by atoms with Gasteiger partial charge in [0.25, 0.3) is 5.89 Å². The summed E-state index contributed by atoms with van der Waals surface area (Å²) in [7, 11) is 0. The van der Waals surface area contributed by atoms with E-state index in [9.17, 15) is 4.39 Å². The minimum Gasteiger partial charge on any atom is -0.494 e. The first-order valence-electron chi connectivity index (χ1n) is 7.09. The number of aromatic nitrogens is 2. The molecule has 0 saturated carbocycles. The van der Waals surface area contributed by atoms with Crippen LogP contribution in [0.25, 0.3) is 22.9 Å². The predicted molar refractivity (Wildman–Crippen MR) is 80.9 cm³/mol. The van der Waals surface area contributed by atoms with Crippen molar-refractivity contribution < 1.29 is 13.5 Å². The van der Waals surface area contributed by atoms with Crippen molar-refractivity contribution in [1.29, 1.82) is 0 Å². The summed E-state index contributed by atoms with van der Waals surface area (Å²) in [4.78, 5) is 0. The maximum atomic E-state index is 13.7. The number of hydrogen-bond donors (Lipinski definition) is 0. The van der Waals surface area contributed by atoms with Gasteiger partial charge in [0.1, 0.15) is 11.6 Å². The van der Waals surface area contributed by atoms with Crippen LogP contribution in [-0.2, 0) is 0 Å². The molecule has 0 N–H and O–H groups in total. The zero-order valence-electron chi connectivity index (χ0n) is 12.1. The van der Waals surface area contributed by atoms with Gasteiger partial charge in [0.15, 0.2) is 0 Å². The van der Waals surface area contributed by atoms with Crippen LogP contribution in [0.3, 0.4) is 0 Å². The maximum absolute atomic E-state index is 13.7. The van der Waals surface area contributed by atoms with Crippen molar-refractivity contribution in [2.75, 3.05) is 6.61 Å². The number of benzene rings is 2. The first-order valence-corrected chi connectivity index (χ1v) is 7.09. The van der Waals surface area contributed by atoms with E-state index in [-0.39, 0.29) is 11.7 Å². The fraction of sp³-hybridized carbons (Fsp3) is 0.176. The molecular formula is C17H15FN2O2. The molecule has 0 unspecified atom stereocenters. The average Bonchev–Trinajstić information content (AvgIpc) is 3.03. The largest absolute Gasteiger partial charge is 0.494 e. The smallest absolute Gasteiger partial charge is 0.251 e. The zero-order valence-corrected chi connectivity index (χ0v) is 12.1. The Bertz CT molecular complexity index is 753. The highest BCUT2D eigenvalue weighted by Crippen LogP contribution is 2.26.